The van der Waals surface area contributed by atoms with Crippen LogP contribution in [0.5, 0.6) is 0 Å². The maximum atomic E-state index is 6.32. The molecule has 0 aromatic carbocycles. The van der Waals surface area contributed by atoms with E-state index in [1.54, 1.807) is 6.26 Å². The van der Waals surface area contributed by atoms with Crippen molar-refractivity contribution in [1.82, 2.24) is 4.90 Å². The van der Waals surface area contributed by atoms with E-state index in [-0.39, 0.29) is 5.54 Å². The summed E-state index contributed by atoms with van der Waals surface area (Å²) in [5.41, 5.74) is 6.52. The van der Waals surface area contributed by atoms with E-state index in [1.165, 1.54) is 38.5 Å². The lowest BCUT2D eigenvalue weighted by Crippen LogP contribution is -2.57. The highest BCUT2D eigenvalue weighted by Crippen LogP contribution is 2.44. The van der Waals surface area contributed by atoms with Crippen LogP contribution in [-0.4, -0.2) is 23.0 Å². The smallest absolute Gasteiger partial charge is 0.117 e. The van der Waals surface area contributed by atoms with Crippen LogP contribution in [0, 0.1) is 11.8 Å². The van der Waals surface area contributed by atoms with Gasteiger partial charge in [-0.15, -0.1) is 0 Å². The third-order valence-electron chi connectivity index (χ3n) is 5.69. The summed E-state index contributed by atoms with van der Waals surface area (Å²) in [5.74, 6) is 2.67. The molecule has 2 saturated carbocycles. The number of nitrogens with two attached hydrogens (primary N) is 1. The van der Waals surface area contributed by atoms with Crippen LogP contribution in [0.2, 0.25) is 0 Å². The minimum atomic E-state index is 0.196. The monoisotopic (exact) mass is 290 g/mol. The van der Waals surface area contributed by atoms with Gasteiger partial charge in [0.05, 0.1) is 12.8 Å². The predicted molar refractivity (Wildman–Crippen MR) is 85.9 cm³/mol. The molecular formula is C18H30N2O. The zero-order valence-corrected chi connectivity index (χ0v) is 13.6. The van der Waals surface area contributed by atoms with Gasteiger partial charge in [0.25, 0.3) is 0 Å². The van der Waals surface area contributed by atoms with Crippen LogP contribution in [0.1, 0.15) is 58.1 Å². The van der Waals surface area contributed by atoms with E-state index in [9.17, 15) is 0 Å². The molecule has 0 spiro atoms. The summed E-state index contributed by atoms with van der Waals surface area (Å²) >= 11 is 0. The minimum Gasteiger partial charge on any atom is -0.468 e. The molecule has 2 atom stereocenters. The molecule has 3 nitrogen and oxygen atoms in total. The summed E-state index contributed by atoms with van der Waals surface area (Å²) in [7, 11) is 0. The first-order valence-corrected chi connectivity index (χ1v) is 8.64. The first-order valence-electron chi connectivity index (χ1n) is 8.64. The second-order valence-corrected chi connectivity index (χ2v) is 7.47. The molecule has 0 saturated heterocycles. The molecule has 1 heterocycles. The Hall–Kier alpha value is -0.800. The van der Waals surface area contributed by atoms with Gasteiger partial charge >= 0.3 is 0 Å². The van der Waals surface area contributed by atoms with Crippen LogP contribution in [-0.2, 0) is 6.54 Å². The van der Waals surface area contributed by atoms with Gasteiger partial charge in [0, 0.05) is 18.1 Å². The SMILES string of the molecule is CC(C)C1CCCC(CN)(N(Cc2ccco2)C2CC2)C1. The van der Waals surface area contributed by atoms with Crippen molar-refractivity contribution >= 4 is 0 Å². The van der Waals surface area contributed by atoms with E-state index in [0.717, 1.165) is 36.7 Å². The van der Waals surface area contributed by atoms with Gasteiger partial charge in [-0.25, -0.2) is 0 Å². The third kappa shape index (κ3) is 3.19. The van der Waals surface area contributed by atoms with Crippen molar-refractivity contribution in [1.29, 1.82) is 0 Å². The Kier molecular flexibility index (Phi) is 4.41. The van der Waals surface area contributed by atoms with E-state index in [1.807, 2.05) is 6.07 Å². The largest absolute Gasteiger partial charge is 0.468 e. The van der Waals surface area contributed by atoms with Gasteiger partial charge in [0.15, 0.2) is 0 Å². The first kappa shape index (κ1) is 15.1. The van der Waals surface area contributed by atoms with Gasteiger partial charge in [0.1, 0.15) is 5.76 Å². The van der Waals surface area contributed by atoms with E-state index >= 15 is 0 Å². The maximum absolute atomic E-state index is 6.32. The quantitative estimate of drug-likeness (QED) is 0.867. The molecule has 0 bridgehead atoms. The number of rotatable bonds is 6. The van der Waals surface area contributed by atoms with E-state index in [2.05, 4.69) is 24.8 Å². The molecular weight excluding hydrogens is 260 g/mol. The summed E-state index contributed by atoms with van der Waals surface area (Å²) in [5, 5.41) is 0. The molecule has 2 aliphatic carbocycles. The number of furan rings is 1. The Morgan fingerprint density at radius 2 is 2.19 bits per heavy atom. The lowest BCUT2D eigenvalue weighted by molar-refractivity contribution is 0.00829. The number of hydrogen-bond donors (Lipinski definition) is 1. The van der Waals surface area contributed by atoms with E-state index in [0.29, 0.717) is 0 Å². The van der Waals surface area contributed by atoms with Crippen molar-refractivity contribution in [3.63, 3.8) is 0 Å². The molecule has 3 heteroatoms. The van der Waals surface area contributed by atoms with Gasteiger partial charge in [-0.1, -0.05) is 26.7 Å². The van der Waals surface area contributed by atoms with Gasteiger partial charge in [0.2, 0.25) is 0 Å². The topological polar surface area (TPSA) is 42.4 Å². The second kappa shape index (κ2) is 6.13. The molecule has 3 rings (SSSR count). The first-order chi connectivity index (χ1) is 10.1. The molecule has 2 fully saturated rings. The second-order valence-electron chi connectivity index (χ2n) is 7.47. The summed E-state index contributed by atoms with van der Waals surface area (Å²) in [6, 6.07) is 4.82. The molecule has 118 valence electrons. The standard InChI is InChI=1S/C18H30N2O/c1-14(2)15-5-3-9-18(11-15,13-19)20(16-7-8-16)12-17-6-4-10-21-17/h4,6,10,14-16H,3,5,7-9,11-13,19H2,1-2H3. The molecule has 21 heavy (non-hydrogen) atoms. The van der Waals surface area contributed by atoms with Gasteiger partial charge in [-0.05, 0) is 49.7 Å². The lowest BCUT2D eigenvalue weighted by Gasteiger charge is -2.49. The van der Waals surface area contributed by atoms with Crippen LogP contribution < -0.4 is 5.73 Å². The Morgan fingerprint density at radius 1 is 1.38 bits per heavy atom. The normalized spacial score (nSPS) is 30.2. The summed E-state index contributed by atoms with van der Waals surface area (Å²) in [4.78, 5) is 2.69. The van der Waals surface area contributed by atoms with E-state index < -0.39 is 0 Å². The van der Waals surface area contributed by atoms with Crippen LogP contribution >= 0.6 is 0 Å². The maximum Gasteiger partial charge on any atom is 0.117 e. The van der Waals surface area contributed by atoms with Gasteiger partial charge < -0.3 is 10.2 Å². The molecule has 2 N–H and O–H groups in total. The van der Waals surface area contributed by atoms with Crippen molar-refractivity contribution in [2.45, 2.75) is 70.5 Å². The highest BCUT2D eigenvalue weighted by atomic mass is 16.3. The van der Waals surface area contributed by atoms with E-state index in [4.69, 9.17) is 10.2 Å². The highest BCUT2D eigenvalue weighted by Gasteiger charge is 2.46. The summed E-state index contributed by atoms with van der Waals surface area (Å²) in [6.45, 7) is 6.45. The molecule has 0 amide bonds. The van der Waals surface area contributed by atoms with Crippen molar-refractivity contribution in [2.75, 3.05) is 6.54 Å². The molecule has 0 radical (unpaired) electrons. The summed E-state index contributed by atoms with van der Waals surface area (Å²) in [6.07, 6.45) is 9.65. The van der Waals surface area contributed by atoms with Crippen molar-refractivity contribution in [3.8, 4) is 0 Å². The number of nitrogens with zero attached hydrogens (tertiary/aromatic N) is 1. The molecule has 2 aliphatic rings. The highest BCUT2D eigenvalue weighted by molar-refractivity contribution is 5.06. The minimum absolute atomic E-state index is 0.196. The summed E-state index contributed by atoms with van der Waals surface area (Å²) < 4.78 is 5.61. The molecule has 1 aromatic rings. The van der Waals surface area contributed by atoms with Crippen molar-refractivity contribution in [3.05, 3.63) is 24.2 Å². The van der Waals surface area contributed by atoms with Crippen LogP contribution in [0.25, 0.3) is 0 Å². The average Bonchev–Trinajstić information content (AvgIpc) is 3.21. The third-order valence-corrected chi connectivity index (χ3v) is 5.69. The van der Waals surface area contributed by atoms with Gasteiger partial charge in [-0.2, -0.15) is 0 Å². The Morgan fingerprint density at radius 3 is 2.76 bits per heavy atom. The number of hydrogen-bond acceptors (Lipinski definition) is 3. The van der Waals surface area contributed by atoms with Crippen LogP contribution in [0.3, 0.4) is 0 Å². The fraction of sp³-hybridized carbons (Fsp3) is 0.778. The molecule has 1 aromatic heterocycles. The van der Waals surface area contributed by atoms with Crippen LogP contribution in [0.15, 0.2) is 22.8 Å². The predicted octanol–water partition coefficient (Wildman–Crippen LogP) is 3.79. The molecule has 2 unspecified atom stereocenters. The fourth-order valence-electron chi connectivity index (χ4n) is 4.16. The molecule has 0 aliphatic heterocycles. The zero-order chi connectivity index (χ0) is 14.9. The van der Waals surface area contributed by atoms with Crippen molar-refractivity contribution in [2.24, 2.45) is 17.6 Å². The Balaban J connectivity index is 1.80. The fourth-order valence-corrected chi connectivity index (χ4v) is 4.16. The van der Waals surface area contributed by atoms with Crippen LogP contribution in [0.4, 0.5) is 0 Å². The van der Waals surface area contributed by atoms with Crippen molar-refractivity contribution < 1.29 is 4.42 Å². The van der Waals surface area contributed by atoms with Gasteiger partial charge in [-0.3, -0.25) is 4.90 Å². The Labute approximate surface area is 128 Å². The zero-order valence-electron chi connectivity index (χ0n) is 13.6. The average molecular weight is 290 g/mol. The Bertz CT molecular complexity index is 438. The lowest BCUT2D eigenvalue weighted by atomic mass is 9.70.